The van der Waals surface area contributed by atoms with Crippen LogP contribution in [0.15, 0.2) is 48.5 Å². The first kappa shape index (κ1) is 18.4. The van der Waals surface area contributed by atoms with Crippen molar-refractivity contribution in [3.63, 3.8) is 0 Å². The van der Waals surface area contributed by atoms with Gasteiger partial charge in [-0.15, -0.1) is 0 Å². The Balaban J connectivity index is 2.05. The van der Waals surface area contributed by atoms with E-state index in [1.54, 1.807) is 24.3 Å². The fourth-order valence-corrected chi connectivity index (χ4v) is 3.59. The van der Waals surface area contributed by atoms with Crippen molar-refractivity contribution in [3.8, 4) is 40.1 Å². The molecule has 0 atom stereocenters. The van der Waals surface area contributed by atoms with Gasteiger partial charge in [0.2, 0.25) is 0 Å². The van der Waals surface area contributed by atoms with Gasteiger partial charge in [0.25, 0.3) is 0 Å². The molecule has 0 aliphatic carbocycles. The summed E-state index contributed by atoms with van der Waals surface area (Å²) in [6.45, 7) is 0.0618. The highest BCUT2D eigenvalue weighted by Gasteiger charge is 2.32. The molecule has 0 radical (unpaired) electrons. The summed E-state index contributed by atoms with van der Waals surface area (Å²) in [5, 5.41) is 19.4. The summed E-state index contributed by atoms with van der Waals surface area (Å²) in [4.78, 5) is 0. The van der Waals surface area contributed by atoms with Gasteiger partial charge in [-0.2, -0.15) is 23.7 Å². The second-order valence-corrected chi connectivity index (χ2v) is 6.48. The first-order valence-electron chi connectivity index (χ1n) is 8.55. The van der Waals surface area contributed by atoms with Crippen LogP contribution in [-0.2, 0) is 12.8 Å². The van der Waals surface area contributed by atoms with E-state index in [1.807, 2.05) is 6.07 Å². The predicted octanol–water partition coefficient (Wildman–Crippen LogP) is 5.26. The average Bonchev–Trinajstić information content (AvgIpc) is 2.72. The molecular formula is C22H12F3N3O. The molecule has 0 saturated heterocycles. The number of hydrogen-bond donors (Lipinski definition) is 1. The van der Waals surface area contributed by atoms with Gasteiger partial charge in [0, 0.05) is 22.3 Å². The van der Waals surface area contributed by atoms with Crippen molar-refractivity contribution in [1.82, 2.24) is 0 Å². The molecule has 2 N–H and O–H groups in total. The van der Waals surface area contributed by atoms with Gasteiger partial charge < -0.3 is 10.5 Å². The van der Waals surface area contributed by atoms with Gasteiger partial charge in [0.15, 0.2) is 0 Å². The van der Waals surface area contributed by atoms with Gasteiger partial charge in [-0.25, -0.2) is 0 Å². The number of para-hydroxylation sites is 1. The lowest BCUT2D eigenvalue weighted by Gasteiger charge is -2.26. The maximum absolute atomic E-state index is 12.9. The maximum Gasteiger partial charge on any atom is 0.416 e. The number of hydrogen-bond acceptors (Lipinski definition) is 4. The minimum Gasteiger partial charge on any atom is -0.488 e. The van der Waals surface area contributed by atoms with Gasteiger partial charge >= 0.3 is 6.18 Å². The van der Waals surface area contributed by atoms with Crippen LogP contribution in [-0.4, -0.2) is 0 Å². The number of rotatable bonds is 1. The lowest BCUT2D eigenvalue weighted by Crippen LogP contribution is -2.13. The van der Waals surface area contributed by atoms with Gasteiger partial charge in [0.1, 0.15) is 24.5 Å². The lowest BCUT2D eigenvalue weighted by molar-refractivity contribution is -0.137. The monoisotopic (exact) mass is 391 g/mol. The average molecular weight is 391 g/mol. The molecule has 0 spiro atoms. The summed E-state index contributed by atoms with van der Waals surface area (Å²) in [6, 6.07) is 15.7. The number of benzene rings is 3. The normalized spacial score (nSPS) is 12.2. The molecular weight excluding hydrogens is 379 g/mol. The molecule has 142 valence electrons. The zero-order valence-corrected chi connectivity index (χ0v) is 14.8. The molecule has 4 nitrogen and oxygen atoms in total. The zero-order valence-electron chi connectivity index (χ0n) is 14.8. The molecule has 3 aromatic carbocycles. The second-order valence-electron chi connectivity index (χ2n) is 6.48. The molecule has 1 heterocycles. The van der Waals surface area contributed by atoms with E-state index in [9.17, 15) is 23.7 Å². The minimum absolute atomic E-state index is 0.000325. The third-order valence-corrected chi connectivity index (χ3v) is 4.90. The lowest BCUT2D eigenvalue weighted by atomic mass is 9.83. The van der Waals surface area contributed by atoms with Crippen LogP contribution in [0.1, 0.15) is 22.3 Å². The van der Waals surface area contributed by atoms with Crippen LogP contribution in [0.25, 0.3) is 22.3 Å². The van der Waals surface area contributed by atoms with Crippen molar-refractivity contribution in [1.29, 1.82) is 10.5 Å². The van der Waals surface area contributed by atoms with Crippen LogP contribution in [0.3, 0.4) is 0 Å². The number of nitriles is 2. The number of fused-ring (bicyclic) bond motifs is 3. The van der Waals surface area contributed by atoms with E-state index in [0.717, 1.165) is 12.1 Å². The largest absolute Gasteiger partial charge is 0.488 e. The summed E-state index contributed by atoms with van der Waals surface area (Å²) < 4.78 is 44.6. The first-order chi connectivity index (χ1) is 13.9. The van der Waals surface area contributed by atoms with Crippen molar-refractivity contribution >= 4 is 5.69 Å². The third-order valence-electron chi connectivity index (χ3n) is 4.90. The Morgan fingerprint density at radius 3 is 2.14 bits per heavy atom. The molecule has 3 aromatic rings. The molecule has 1 aliphatic rings. The summed E-state index contributed by atoms with van der Waals surface area (Å²) in [5.74, 6) is 0.568. The number of nitrogens with two attached hydrogens (primary N) is 1. The molecule has 4 rings (SSSR count). The molecule has 0 aromatic heterocycles. The van der Waals surface area contributed by atoms with Crippen molar-refractivity contribution in [2.75, 3.05) is 5.73 Å². The Labute approximate surface area is 164 Å². The summed E-state index contributed by atoms with van der Waals surface area (Å²) >= 11 is 0. The van der Waals surface area contributed by atoms with Crippen LogP contribution in [0.4, 0.5) is 18.9 Å². The number of ether oxygens (including phenoxy) is 1. The van der Waals surface area contributed by atoms with E-state index in [4.69, 9.17) is 10.5 Å². The quantitative estimate of drug-likeness (QED) is 0.574. The molecule has 7 heteroatoms. The van der Waals surface area contributed by atoms with E-state index in [2.05, 4.69) is 6.07 Å². The van der Waals surface area contributed by atoms with Crippen molar-refractivity contribution in [3.05, 3.63) is 70.8 Å². The Morgan fingerprint density at radius 1 is 0.897 bits per heavy atom. The van der Waals surface area contributed by atoms with Crippen LogP contribution >= 0.6 is 0 Å². The Morgan fingerprint density at radius 2 is 1.52 bits per heavy atom. The SMILES string of the molecule is N#Cc1c(N)c(C#N)c2c(c1-c1ccc(C(F)(F)F)cc1)COc1ccccc1-2. The van der Waals surface area contributed by atoms with Gasteiger partial charge in [-0.05, 0) is 23.8 Å². The molecule has 0 fully saturated rings. The maximum atomic E-state index is 12.9. The molecule has 0 saturated carbocycles. The van der Waals surface area contributed by atoms with Crippen LogP contribution in [0.2, 0.25) is 0 Å². The van der Waals surface area contributed by atoms with Crippen LogP contribution in [0.5, 0.6) is 5.75 Å². The predicted molar refractivity (Wildman–Crippen MR) is 100 cm³/mol. The fourth-order valence-electron chi connectivity index (χ4n) is 3.59. The first-order valence-corrected chi connectivity index (χ1v) is 8.55. The van der Waals surface area contributed by atoms with Crippen LogP contribution < -0.4 is 10.5 Å². The van der Waals surface area contributed by atoms with Crippen molar-refractivity contribution in [2.45, 2.75) is 12.8 Å². The second kappa shape index (κ2) is 6.57. The van der Waals surface area contributed by atoms with Gasteiger partial charge in [-0.1, -0.05) is 30.3 Å². The highest BCUT2D eigenvalue weighted by molar-refractivity contribution is 5.94. The molecule has 0 unspecified atom stereocenters. The smallest absolute Gasteiger partial charge is 0.416 e. The fraction of sp³-hybridized carbons (Fsp3) is 0.0909. The van der Waals surface area contributed by atoms with Gasteiger partial charge in [0.05, 0.1) is 22.4 Å². The number of halogens is 3. The van der Waals surface area contributed by atoms with E-state index < -0.39 is 11.7 Å². The summed E-state index contributed by atoms with van der Waals surface area (Å²) in [7, 11) is 0. The van der Waals surface area contributed by atoms with Gasteiger partial charge in [-0.3, -0.25) is 0 Å². The highest BCUT2D eigenvalue weighted by Crippen LogP contribution is 2.47. The van der Waals surface area contributed by atoms with E-state index in [-0.39, 0.29) is 23.4 Å². The Hall–Kier alpha value is -3.97. The Bertz CT molecular complexity index is 1220. The molecule has 0 bridgehead atoms. The topological polar surface area (TPSA) is 82.8 Å². The summed E-state index contributed by atoms with van der Waals surface area (Å²) in [5.41, 5.74) is 8.07. The number of alkyl halides is 3. The van der Waals surface area contributed by atoms with Crippen molar-refractivity contribution < 1.29 is 17.9 Å². The van der Waals surface area contributed by atoms with E-state index in [1.165, 1.54) is 12.1 Å². The molecule has 1 aliphatic heterocycles. The number of nitrogen functional groups attached to an aromatic ring is 1. The molecule has 0 amide bonds. The third kappa shape index (κ3) is 2.84. The summed E-state index contributed by atoms with van der Waals surface area (Å²) in [6.07, 6.45) is -4.47. The minimum atomic E-state index is -4.47. The molecule has 29 heavy (non-hydrogen) atoms. The number of anilines is 1. The highest BCUT2D eigenvalue weighted by atomic mass is 19.4. The Kier molecular flexibility index (Phi) is 4.17. The van der Waals surface area contributed by atoms with Crippen molar-refractivity contribution in [2.24, 2.45) is 0 Å². The van der Waals surface area contributed by atoms with E-state index >= 15 is 0 Å². The zero-order chi connectivity index (χ0) is 20.8. The number of nitrogens with zero attached hydrogens (tertiary/aromatic N) is 2. The standard InChI is InChI=1S/C22H12F3N3O/c23-22(24,25)13-7-5-12(6-8-13)19-15(9-26)21(28)16(10-27)20-14-3-1-2-4-18(14)29-11-17(19)20/h1-8H,11,28H2. The van der Waals surface area contributed by atoms with Crippen LogP contribution in [0, 0.1) is 22.7 Å². The van der Waals surface area contributed by atoms with E-state index in [0.29, 0.717) is 33.6 Å².